The summed E-state index contributed by atoms with van der Waals surface area (Å²) in [6.45, 7) is 3.65. The number of likely N-dealkylation sites (tertiary alicyclic amines) is 1. The Bertz CT molecular complexity index is 163. The van der Waals surface area contributed by atoms with Crippen LogP contribution in [0.25, 0.3) is 0 Å². The van der Waals surface area contributed by atoms with E-state index in [0.717, 1.165) is 12.1 Å². The molecule has 1 saturated heterocycles. The summed E-state index contributed by atoms with van der Waals surface area (Å²) in [6.07, 6.45) is 8.08. The number of hydrogen-bond acceptors (Lipinski definition) is 2. The molecule has 0 bridgehead atoms. The van der Waals surface area contributed by atoms with E-state index in [1.54, 1.807) is 0 Å². The predicted octanol–water partition coefficient (Wildman–Crippen LogP) is 1.74. The summed E-state index contributed by atoms with van der Waals surface area (Å²) in [7, 11) is 0. The zero-order valence-electron chi connectivity index (χ0n) is 8.71. The van der Waals surface area contributed by atoms with Gasteiger partial charge in [-0.2, -0.15) is 0 Å². The molecule has 0 amide bonds. The highest BCUT2D eigenvalue weighted by Gasteiger charge is 2.35. The van der Waals surface area contributed by atoms with Gasteiger partial charge in [0.15, 0.2) is 0 Å². The molecular weight excluding hydrogens is 160 g/mol. The summed E-state index contributed by atoms with van der Waals surface area (Å²) in [5, 5.41) is 0. The Morgan fingerprint density at radius 1 is 1.31 bits per heavy atom. The summed E-state index contributed by atoms with van der Waals surface area (Å²) in [6, 6.07) is 2.20. The van der Waals surface area contributed by atoms with E-state index in [1.807, 2.05) is 0 Å². The molecule has 0 aromatic rings. The van der Waals surface area contributed by atoms with Crippen molar-refractivity contribution in [2.45, 2.75) is 63.6 Å². The van der Waals surface area contributed by atoms with E-state index in [4.69, 9.17) is 5.73 Å². The van der Waals surface area contributed by atoms with Crippen molar-refractivity contribution in [2.24, 2.45) is 5.73 Å². The molecule has 1 unspecified atom stereocenters. The second-order valence-corrected chi connectivity index (χ2v) is 4.68. The fraction of sp³-hybridized carbons (Fsp3) is 1.00. The van der Waals surface area contributed by atoms with Crippen LogP contribution in [0, 0.1) is 0 Å². The van der Waals surface area contributed by atoms with E-state index < -0.39 is 0 Å². The predicted molar refractivity (Wildman–Crippen MR) is 55.6 cm³/mol. The standard InChI is InChI=1S/C11H22N2/c1-2-10-5-3-4-6-13(10)11-7-9(12)8-11/h9-11H,2-8,12H2,1H3. The topological polar surface area (TPSA) is 29.3 Å². The molecule has 2 heteroatoms. The molecule has 1 aliphatic heterocycles. The highest BCUT2D eigenvalue weighted by Crippen LogP contribution is 2.30. The van der Waals surface area contributed by atoms with Gasteiger partial charge in [-0.25, -0.2) is 0 Å². The van der Waals surface area contributed by atoms with Crippen LogP contribution in [0.5, 0.6) is 0 Å². The molecule has 2 rings (SSSR count). The lowest BCUT2D eigenvalue weighted by Gasteiger charge is -2.47. The molecule has 0 aromatic heterocycles. The fourth-order valence-electron chi connectivity index (χ4n) is 2.84. The Kier molecular flexibility index (Phi) is 2.89. The number of piperidine rings is 1. The highest BCUT2D eigenvalue weighted by molar-refractivity contribution is 4.93. The Hall–Kier alpha value is -0.0800. The molecule has 1 saturated carbocycles. The van der Waals surface area contributed by atoms with Crippen molar-refractivity contribution in [2.75, 3.05) is 6.54 Å². The third-order valence-corrected chi connectivity index (χ3v) is 3.76. The van der Waals surface area contributed by atoms with E-state index in [9.17, 15) is 0 Å². The zero-order valence-corrected chi connectivity index (χ0v) is 8.71. The Labute approximate surface area is 81.5 Å². The van der Waals surface area contributed by atoms with Crippen LogP contribution >= 0.6 is 0 Å². The van der Waals surface area contributed by atoms with Gasteiger partial charge in [-0.3, -0.25) is 4.90 Å². The van der Waals surface area contributed by atoms with Crippen LogP contribution < -0.4 is 5.73 Å². The first kappa shape index (κ1) is 9.47. The van der Waals surface area contributed by atoms with Gasteiger partial charge < -0.3 is 5.73 Å². The van der Waals surface area contributed by atoms with Crippen LogP contribution in [-0.2, 0) is 0 Å². The molecule has 0 radical (unpaired) electrons. The maximum Gasteiger partial charge on any atom is 0.0128 e. The van der Waals surface area contributed by atoms with E-state index in [1.165, 1.54) is 45.1 Å². The van der Waals surface area contributed by atoms with Crippen LogP contribution in [0.3, 0.4) is 0 Å². The quantitative estimate of drug-likeness (QED) is 0.705. The highest BCUT2D eigenvalue weighted by atomic mass is 15.2. The first-order valence-electron chi connectivity index (χ1n) is 5.82. The SMILES string of the molecule is CCC1CCCCN1C1CC(N)C1. The summed E-state index contributed by atoms with van der Waals surface area (Å²) >= 11 is 0. The smallest absolute Gasteiger partial charge is 0.0128 e. The number of rotatable bonds is 2. The van der Waals surface area contributed by atoms with Gasteiger partial charge in [-0.1, -0.05) is 13.3 Å². The molecule has 13 heavy (non-hydrogen) atoms. The minimum atomic E-state index is 0.504. The largest absolute Gasteiger partial charge is 0.328 e. The zero-order chi connectivity index (χ0) is 9.26. The molecule has 2 aliphatic rings. The lowest BCUT2D eigenvalue weighted by Crippen LogP contribution is -2.55. The van der Waals surface area contributed by atoms with Crippen molar-refractivity contribution < 1.29 is 0 Å². The van der Waals surface area contributed by atoms with Crippen LogP contribution in [0.4, 0.5) is 0 Å². The maximum atomic E-state index is 5.84. The molecule has 1 heterocycles. The second-order valence-electron chi connectivity index (χ2n) is 4.68. The second kappa shape index (κ2) is 3.97. The monoisotopic (exact) mass is 182 g/mol. The fourth-order valence-corrected chi connectivity index (χ4v) is 2.84. The van der Waals surface area contributed by atoms with E-state index >= 15 is 0 Å². The van der Waals surface area contributed by atoms with Crippen molar-refractivity contribution in [3.05, 3.63) is 0 Å². The molecular formula is C11H22N2. The Morgan fingerprint density at radius 3 is 2.69 bits per heavy atom. The molecule has 2 fully saturated rings. The minimum absolute atomic E-state index is 0.504. The third kappa shape index (κ3) is 1.89. The number of nitrogens with zero attached hydrogens (tertiary/aromatic N) is 1. The van der Waals surface area contributed by atoms with Crippen LogP contribution in [0.1, 0.15) is 45.4 Å². The molecule has 0 spiro atoms. The van der Waals surface area contributed by atoms with Gasteiger partial charge in [0.2, 0.25) is 0 Å². The van der Waals surface area contributed by atoms with Crippen LogP contribution in [0.2, 0.25) is 0 Å². The van der Waals surface area contributed by atoms with Crippen LogP contribution in [0.15, 0.2) is 0 Å². The first-order valence-corrected chi connectivity index (χ1v) is 5.82. The summed E-state index contributed by atoms with van der Waals surface area (Å²) in [4.78, 5) is 2.73. The van der Waals surface area contributed by atoms with Gasteiger partial charge in [0.25, 0.3) is 0 Å². The van der Waals surface area contributed by atoms with Crippen molar-refractivity contribution in [3.63, 3.8) is 0 Å². The Morgan fingerprint density at radius 2 is 2.08 bits per heavy atom. The number of nitrogens with two attached hydrogens (primary N) is 1. The van der Waals surface area contributed by atoms with E-state index in [2.05, 4.69) is 11.8 Å². The lowest BCUT2D eigenvalue weighted by molar-refractivity contribution is 0.0400. The molecule has 1 atom stereocenters. The molecule has 2 nitrogen and oxygen atoms in total. The molecule has 76 valence electrons. The van der Waals surface area contributed by atoms with Gasteiger partial charge in [0.05, 0.1) is 0 Å². The maximum absolute atomic E-state index is 5.84. The molecule has 2 N–H and O–H groups in total. The van der Waals surface area contributed by atoms with Crippen molar-refractivity contribution in [1.29, 1.82) is 0 Å². The van der Waals surface area contributed by atoms with Crippen LogP contribution in [-0.4, -0.2) is 29.6 Å². The van der Waals surface area contributed by atoms with E-state index in [-0.39, 0.29) is 0 Å². The number of hydrogen-bond donors (Lipinski definition) is 1. The Balaban J connectivity index is 1.87. The van der Waals surface area contributed by atoms with E-state index in [0.29, 0.717) is 6.04 Å². The molecule has 1 aliphatic carbocycles. The lowest BCUT2D eigenvalue weighted by atomic mass is 9.83. The average Bonchev–Trinajstić information content (AvgIpc) is 2.13. The summed E-state index contributed by atoms with van der Waals surface area (Å²) in [5.74, 6) is 0. The van der Waals surface area contributed by atoms with Crippen molar-refractivity contribution in [3.8, 4) is 0 Å². The van der Waals surface area contributed by atoms with Gasteiger partial charge in [0.1, 0.15) is 0 Å². The van der Waals surface area contributed by atoms with Gasteiger partial charge in [-0.15, -0.1) is 0 Å². The minimum Gasteiger partial charge on any atom is -0.328 e. The average molecular weight is 182 g/mol. The third-order valence-electron chi connectivity index (χ3n) is 3.76. The summed E-state index contributed by atoms with van der Waals surface area (Å²) < 4.78 is 0. The van der Waals surface area contributed by atoms with Crippen molar-refractivity contribution >= 4 is 0 Å². The molecule has 0 aromatic carbocycles. The summed E-state index contributed by atoms with van der Waals surface area (Å²) in [5.41, 5.74) is 5.84. The van der Waals surface area contributed by atoms with Gasteiger partial charge in [-0.05, 0) is 38.6 Å². The van der Waals surface area contributed by atoms with Crippen molar-refractivity contribution in [1.82, 2.24) is 4.90 Å². The van der Waals surface area contributed by atoms with Gasteiger partial charge in [0, 0.05) is 18.1 Å². The normalized spacial score (nSPS) is 41.5. The first-order chi connectivity index (χ1) is 6.31. The van der Waals surface area contributed by atoms with Gasteiger partial charge >= 0.3 is 0 Å².